The zero-order valence-electron chi connectivity index (χ0n) is 16.4. The van der Waals surface area contributed by atoms with E-state index in [1.165, 1.54) is 17.0 Å². The van der Waals surface area contributed by atoms with Gasteiger partial charge in [0.25, 0.3) is 0 Å². The third kappa shape index (κ3) is 4.26. The van der Waals surface area contributed by atoms with Crippen LogP contribution < -0.4 is 10.2 Å². The number of carbonyl (C=O) groups excluding carboxylic acids is 1. The number of aromatic nitrogens is 2. The van der Waals surface area contributed by atoms with E-state index in [1.807, 2.05) is 0 Å². The van der Waals surface area contributed by atoms with Gasteiger partial charge < -0.3 is 10.2 Å². The molecule has 4 rings (SSSR count). The lowest BCUT2D eigenvalue weighted by atomic mass is 9.96. The van der Waals surface area contributed by atoms with Crippen LogP contribution >= 0.6 is 11.3 Å². The summed E-state index contributed by atoms with van der Waals surface area (Å²) in [7, 11) is 0. The van der Waals surface area contributed by atoms with Crippen molar-refractivity contribution in [3.63, 3.8) is 0 Å². The fourth-order valence-electron chi connectivity index (χ4n) is 3.72. The van der Waals surface area contributed by atoms with E-state index in [1.54, 1.807) is 17.7 Å². The van der Waals surface area contributed by atoms with Gasteiger partial charge in [-0.3, -0.25) is 4.79 Å². The van der Waals surface area contributed by atoms with Crippen LogP contribution in [0.1, 0.15) is 30.2 Å². The minimum Gasteiger partial charge on any atom is -0.355 e. The lowest BCUT2D eigenvalue weighted by Gasteiger charge is -2.33. The molecular formula is C21H21F3N4OS. The molecular weight excluding hydrogens is 413 g/mol. The Hall–Kier alpha value is -2.68. The van der Waals surface area contributed by atoms with Gasteiger partial charge in [0, 0.05) is 23.7 Å². The van der Waals surface area contributed by atoms with Gasteiger partial charge in [0.05, 0.1) is 16.9 Å². The zero-order valence-corrected chi connectivity index (χ0v) is 17.2. The van der Waals surface area contributed by atoms with Crippen molar-refractivity contribution in [2.24, 2.45) is 5.92 Å². The molecule has 1 amide bonds. The van der Waals surface area contributed by atoms with Gasteiger partial charge in [-0.25, -0.2) is 9.97 Å². The Morgan fingerprint density at radius 1 is 1.30 bits per heavy atom. The number of halogens is 3. The van der Waals surface area contributed by atoms with Crippen LogP contribution in [-0.2, 0) is 17.4 Å². The third-order valence-corrected chi connectivity index (χ3v) is 6.44. The number of alkyl halides is 3. The van der Waals surface area contributed by atoms with Crippen molar-refractivity contribution in [3.8, 4) is 0 Å². The molecule has 0 bridgehead atoms. The summed E-state index contributed by atoms with van der Waals surface area (Å²) in [5, 5.41) is 3.63. The molecule has 3 aromatic rings. The largest absolute Gasteiger partial charge is 0.416 e. The van der Waals surface area contributed by atoms with Crippen molar-refractivity contribution in [3.05, 3.63) is 47.1 Å². The summed E-state index contributed by atoms with van der Waals surface area (Å²) in [4.78, 5) is 25.8. The highest BCUT2D eigenvalue weighted by molar-refractivity contribution is 7.18. The number of hydrogen-bond donors (Lipinski definition) is 1. The van der Waals surface area contributed by atoms with Gasteiger partial charge in [-0.1, -0.05) is 13.0 Å². The summed E-state index contributed by atoms with van der Waals surface area (Å²) >= 11 is 1.64. The minimum absolute atomic E-state index is 0.154. The predicted molar refractivity (Wildman–Crippen MR) is 112 cm³/mol. The van der Waals surface area contributed by atoms with Crippen LogP contribution in [0.4, 0.5) is 24.7 Å². The highest BCUT2D eigenvalue weighted by Crippen LogP contribution is 2.33. The Bertz CT molecular complexity index is 1070. The fourth-order valence-corrected chi connectivity index (χ4v) is 4.65. The Labute approximate surface area is 175 Å². The molecule has 0 aliphatic carbocycles. The van der Waals surface area contributed by atoms with E-state index in [4.69, 9.17) is 0 Å². The van der Waals surface area contributed by atoms with Crippen LogP contribution in [0.5, 0.6) is 0 Å². The molecule has 30 heavy (non-hydrogen) atoms. The molecule has 1 aliphatic rings. The molecule has 1 aliphatic heterocycles. The van der Waals surface area contributed by atoms with Gasteiger partial charge in [-0.05, 0) is 43.5 Å². The predicted octanol–water partition coefficient (Wildman–Crippen LogP) is 5.13. The maximum absolute atomic E-state index is 12.9. The zero-order chi connectivity index (χ0) is 21.3. The lowest BCUT2D eigenvalue weighted by Crippen LogP contribution is -2.41. The Morgan fingerprint density at radius 2 is 2.13 bits per heavy atom. The Morgan fingerprint density at radius 3 is 2.90 bits per heavy atom. The number of nitrogens with zero attached hydrogens (tertiary/aromatic N) is 3. The van der Waals surface area contributed by atoms with Crippen molar-refractivity contribution in [1.29, 1.82) is 0 Å². The molecule has 1 atom stereocenters. The van der Waals surface area contributed by atoms with E-state index in [0.29, 0.717) is 13.0 Å². The maximum Gasteiger partial charge on any atom is 0.416 e. The highest BCUT2D eigenvalue weighted by Gasteiger charge is 2.31. The number of piperidine rings is 1. The van der Waals surface area contributed by atoms with Crippen molar-refractivity contribution in [2.75, 3.05) is 23.3 Å². The molecule has 9 heteroatoms. The molecule has 1 fully saturated rings. The highest BCUT2D eigenvalue weighted by atomic mass is 32.1. The molecule has 1 aromatic carbocycles. The molecule has 0 radical (unpaired) electrons. The summed E-state index contributed by atoms with van der Waals surface area (Å²) < 4.78 is 38.8. The third-order valence-electron chi connectivity index (χ3n) is 5.26. The van der Waals surface area contributed by atoms with E-state index < -0.39 is 11.7 Å². The number of thiophene rings is 1. The topological polar surface area (TPSA) is 58.1 Å². The SMILES string of the molecule is CCc1cc2c(N3CCCC(C(=O)Nc4cccc(C(F)(F)F)c4)C3)ncnc2s1. The normalized spacial score (nSPS) is 17.3. The number of benzene rings is 1. The molecule has 0 saturated carbocycles. The van der Waals surface area contributed by atoms with Gasteiger partial charge in [-0.2, -0.15) is 13.2 Å². The Balaban J connectivity index is 1.51. The number of aryl methyl sites for hydroxylation is 1. The molecule has 1 N–H and O–H groups in total. The first-order chi connectivity index (χ1) is 14.3. The summed E-state index contributed by atoms with van der Waals surface area (Å²) in [5.74, 6) is 0.207. The molecule has 2 aromatic heterocycles. The van der Waals surface area contributed by atoms with Crippen molar-refractivity contribution in [2.45, 2.75) is 32.4 Å². The van der Waals surface area contributed by atoms with E-state index in [9.17, 15) is 18.0 Å². The summed E-state index contributed by atoms with van der Waals surface area (Å²) in [6.07, 6.45) is -0.503. The van der Waals surface area contributed by atoms with Gasteiger partial charge in [0.2, 0.25) is 5.91 Å². The molecule has 0 spiro atoms. The van der Waals surface area contributed by atoms with E-state index in [-0.39, 0.29) is 17.5 Å². The Kier molecular flexibility index (Phi) is 5.64. The van der Waals surface area contributed by atoms with Crippen LogP contribution in [0.3, 0.4) is 0 Å². The smallest absolute Gasteiger partial charge is 0.355 e. The van der Waals surface area contributed by atoms with Crippen molar-refractivity contribution in [1.82, 2.24) is 9.97 Å². The fraction of sp³-hybridized carbons (Fsp3) is 0.381. The minimum atomic E-state index is -4.45. The average molecular weight is 434 g/mol. The van der Waals surface area contributed by atoms with Gasteiger partial charge >= 0.3 is 6.18 Å². The van der Waals surface area contributed by atoms with Crippen LogP contribution in [0.25, 0.3) is 10.2 Å². The second-order valence-electron chi connectivity index (χ2n) is 7.34. The van der Waals surface area contributed by atoms with Gasteiger partial charge in [-0.15, -0.1) is 11.3 Å². The summed E-state index contributed by atoms with van der Waals surface area (Å²) in [6.45, 7) is 3.33. The second-order valence-corrected chi connectivity index (χ2v) is 8.45. The van der Waals surface area contributed by atoms with Crippen molar-refractivity contribution >= 4 is 39.0 Å². The first-order valence-electron chi connectivity index (χ1n) is 9.81. The van der Waals surface area contributed by atoms with Crippen LogP contribution in [0.15, 0.2) is 36.7 Å². The molecule has 3 heterocycles. The van der Waals surface area contributed by atoms with Gasteiger partial charge in [0.15, 0.2) is 0 Å². The molecule has 1 saturated heterocycles. The van der Waals surface area contributed by atoms with Crippen LogP contribution in [0.2, 0.25) is 0 Å². The average Bonchev–Trinajstić information content (AvgIpc) is 3.17. The number of nitrogens with one attached hydrogen (secondary N) is 1. The summed E-state index contributed by atoms with van der Waals surface area (Å²) in [5.41, 5.74) is -0.625. The van der Waals surface area contributed by atoms with Crippen LogP contribution in [0, 0.1) is 5.92 Å². The van der Waals surface area contributed by atoms with E-state index in [0.717, 1.165) is 47.6 Å². The van der Waals surface area contributed by atoms with Gasteiger partial charge in [0.1, 0.15) is 17.0 Å². The lowest BCUT2D eigenvalue weighted by molar-refractivity contribution is -0.137. The second kappa shape index (κ2) is 8.22. The molecule has 1 unspecified atom stereocenters. The number of amides is 1. The standard InChI is InChI=1S/C21H21F3N4OS/c1-2-16-10-17-18(25-12-26-20(17)30-16)28-8-4-5-13(11-28)19(29)27-15-7-3-6-14(9-15)21(22,23)24/h3,6-7,9-10,12-13H,2,4-5,8,11H2,1H3,(H,27,29). The first-order valence-corrected chi connectivity index (χ1v) is 10.6. The maximum atomic E-state index is 12.9. The number of anilines is 2. The summed E-state index contributed by atoms with van der Waals surface area (Å²) in [6, 6.07) is 6.82. The number of rotatable bonds is 4. The molecule has 5 nitrogen and oxygen atoms in total. The quantitative estimate of drug-likeness (QED) is 0.619. The van der Waals surface area contributed by atoms with E-state index >= 15 is 0 Å². The number of hydrogen-bond acceptors (Lipinski definition) is 5. The van der Waals surface area contributed by atoms with Crippen molar-refractivity contribution < 1.29 is 18.0 Å². The number of carbonyl (C=O) groups is 1. The van der Waals surface area contributed by atoms with Crippen LogP contribution in [-0.4, -0.2) is 29.0 Å². The first kappa shape index (κ1) is 20.6. The van der Waals surface area contributed by atoms with E-state index in [2.05, 4.69) is 33.2 Å². The number of fused-ring (bicyclic) bond motifs is 1. The molecule has 158 valence electrons. The monoisotopic (exact) mass is 434 g/mol.